The Morgan fingerprint density at radius 1 is 1.90 bits per heavy atom. The zero-order chi connectivity index (χ0) is 7.56. The average Bonchev–Trinajstić information content (AvgIpc) is 2.13. The summed E-state index contributed by atoms with van der Waals surface area (Å²) in [6.07, 6.45) is -0.0653. The van der Waals surface area contributed by atoms with Crippen molar-refractivity contribution in [2.75, 3.05) is 5.73 Å². The van der Waals surface area contributed by atoms with Gasteiger partial charge in [0.15, 0.2) is 0 Å². The van der Waals surface area contributed by atoms with Crippen molar-refractivity contribution >= 4 is 11.8 Å². The van der Waals surface area contributed by atoms with Crippen LogP contribution in [0.5, 0.6) is 0 Å². The van der Waals surface area contributed by atoms with Gasteiger partial charge in [-0.15, -0.1) is 0 Å². The molecule has 1 rings (SSSR count). The monoisotopic (exact) mass is 141 g/mol. The first-order valence-corrected chi connectivity index (χ1v) is 2.70. The van der Waals surface area contributed by atoms with Gasteiger partial charge in [-0.1, -0.05) is 0 Å². The molecule has 0 atom stereocenters. The van der Waals surface area contributed by atoms with Gasteiger partial charge in [0, 0.05) is 11.8 Å². The fourth-order valence-electron chi connectivity index (χ4n) is 0.633. The quantitative estimate of drug-likeness (QED) is 0.523. The summed E-state index contributed by atoms with van der Waals surface area (Å²) in [6, 6.07) is 1.49. The number of hydrogen-bond acceptors (Lipinski definition) is 3. The molecule has 54 valence electrons. The highest BCUT2D eigenvalue weighted by Crippen LogP contribution is 2.00. The number of nitrogens with zero attached hydrogens (tertiary/aromatic N) is 1. The van der Waals surface area contributed by atoms with E-state index >= 15 is 0 Å². The lowest BCUT2D eigenvalue weighted by Crippen LogP contribution is -1.99. The van der Waals surface area contributed by atoms with Gasteiger partial charge in [-0.3, -0.25) is 9.89 Å². The molecule has 0 unspecified atom stereocenters. The number of nitrogens with two attached hydrogens (primary N) is 1. The van der Waals surface area contributed by atoms with Crippen LogP contribution in [-0.2, 0) is 11.2 Å². The van der Waals surface area contributed by atoms with Crippen molar-refractivity contribution in [3.63, 3.8) is 0 Å². The minimum Gasteiger partial charge on any atom is -0.481 e. The van der Waals surface area contributed by atoms with Gasteiger partial charge in [0.05, 0.1) is 6.42 Å². The van der Waals surface area contributed by atoms with Crippen molar-refractivity contribution in [2.24, 2.45) is 0 Å². The number of nitrogens with one attached hydrogen (secondary N) is 1. The van der Waals surface area contributed by atoms with Gasteiger partial charge in [-0.25, -0.2) is 0 Å². The number of aromatic amines is 1. The first-order chi connectivity index (χ1) is 4.68. The van der Waals surface area contributed by atoms with Gasteiger partial charge in [0.2, 0.25) is 0 Å². The van der Waals surface area contributed by atoms with E-state index < -0.39 is 5.97 Å². The third-order valence-corrected chi connectivity index (χ3v) is 0.992. The molecule has 5 nitrogen and oxygen atoms in total. The number of carboxylic acid groups (broad SMARTS) is 1. The van der Waals surface area contributed by atoms with Gasteiger partial charge >= 0.3 is 5.97 Å². The Balaban J connectivity index is 2.67. The molecule has 0 radical (unpaired) electrons. The number of rotatable bonds is 2. The molecule has 0 amide bonds. The third kappa shape index (κ3) is 1.48. The Bertz CT molecular complexity index is 243. The number of hydrogen-bond donors (Lipinski definition) is 3. The van der Waals surface area contributed by atoms with Crippen molar-refractivity contribution in [1.82, 2.24) is 10.2 Å². The van der Waals surface area contributed by atoms with Crippen LogP contribution in [0.15, 0.2) is 6.07 Å². The maximum absolute atomic E-state index is 10.1. The fraction of sp³-hybridized carbons (Fsp3) is 0.200. The number of carboxylic acids is 1. The SMILES string of the molecule is Nc1cc(CC(=O)O)[nH]n1. The number of aliphatic carboxylic acids is 1. The molecule has 4 N–H and O–H groups in total. The summed E-state index contributed by atoms with van der Waals surface area (Å²) < 4.78 is 0. The van der Waals surface area contributed by atoms with Crippen LogP contribution in [0.2, 0.25) is 0 Å². The Kier molecular flexibility index (Phi) is 1.57. The van der Waals surface area contributed by atoms with Gasteiger partial charge in [-0.2, -0.15) is 5.10 Å². The molecule has 10 heavy (non-hydrogen) atoms. The minimum atomic E-state index is -0.899. The first-order valence-electron chi connectivity index (χ1n) is 2.70. The molecule has 0 bridgehead atoms. The van der Waals surface area contributed by atoms with Crippen LogP contribution in [0, 0.1) is 0 Å². The van der Waals surface area contributed by atoms with Gasteiger partial charge in [-0.05, 0) is 0 Å². The Labute approximate surface area is 56.9 Å². The third-order valence-electron chi connectivity index (χ3n) is 0.992. The number of anilines is 1. The zero-order valence-electron chi connectivity index (χ0n) is 5.16. The van der Waals surface area contributed by atoms with E-state index in [1.807, 2.05) is 0 Å². The van der Waals surface area contributed by atoms with Crippen LogP contribution in [-0.4, -0.2) is 21.3 Å². The molecule has 1 aromatic rings. The van der Waals surface area contributed by atoms with E-state index in [1.54, 1.807) is 0 Å². The maximum Gasteiger partial charge on any atom is 0.309 e. The Morgan fingerprint density at radius 2 is 2.60 bits per heavy atom. The largest absolute Gasteiger partial charge is 0.481 e. The van der Waals surface area contributed by atoms with Crippen molar-refractivity contribution in [1.29, 1.82) is 0 Å². The molecule has 0 aromatic carbocycles. The standard InChI is InChI=1S/C5H7N3O2/c6-4-1-3(7-8-4)2-5(9)10/h1H,2H2,(H,9,10)(H3,6,7,8). The van der Waals surface area contributed by atoms with E-state index in [-0.39, 0.29) is 6.42 Å². The van der Waals surface area contributed by atoms with Crippen LogP contribution >= 0.6 is 0 Å². The van der Waals surface area contributed by atoms with E-state index in [9.17, 15) is 4.79 Å². The van der Waals surface area contributed by atoms with Crippen molar-refractivity contribution < 1.29 is 9.90 Å². The van der Waals surface area contributed by atoms with Crippen molar-refractivity contribution in [3.05, 3.63) is 11.8 Å². The maximum atomic E-state index is 10.1. The van der Waals surface area contributed by atoms with Crippen LogP contribution in [0.1, 0.15) is 5.69 Å². The second-order valence-electron chi connectivity index (χ2n) is 1.89. The zero-order valence-corrected chi connectivity index (χ0v) is 5.16. The summed E-state index contributed by atoms with van der Waals surface area (Å²) in [5.74, 6) is -0.583. The van der Waals surface area contributed by atoms with E-state index in [4.69, 9.17) is 10.8 Å². The summed E-state index contributed by atoms with van der Waals surface area (Å²) >= 11 is 0. The predicted molar refractivity (Wildman–Crippen MR) is 34.3 cm³/mol. The Morgan fingerprint density at radius 3 is 3.00 bits per heavy atom. The molecule has 0 spiro atoms. The van der Waals surface area contributed by atoms with E-state index in [1.165, 1.54) is 6.07 Å². The highest BCUT2D eigenvalue weighted by atomic mass is 16.4. The lowest BCUT2D eigenvalue weighted by molar-refractivity contribution is -0.136. The van der Waals surface area contributed by atoms with E-state index in [2.05, 4.69) is 10.2 Å². The highest BCUT2D eigenvalue weighted by molar-refractivity contribution is 5.69. The van der Waals surface area contributed by atoms with Gasteiger partial charge in [0.1, 0.15) is 5.82 Å². The number of nitrogen functional groups attached to an aromatic ring is 1. The van der Waals surface area contributed by atoms with Crippen LogP contribution < -0.4 is 5.73 Å². The molecule has 0 aliphatic heterocycles. The topological polar surface area (TPSA) is 92.0 Å². The number of carbonyl (C=O) groups is 1. The van der Waals surface area contributed by atoms with Crippen LogP contribution in [0.4, 0.5) is 5.82 Å². The molecule has 0 fully saturated rings. The Hall–Kier alpha value is -1.52. The normalized spacial score (nSPS) is 9.60. The van der Waals surface area contributed by atoms with Gasteiger partial charge in [0.25, 0.3) is 0 Å². The number of aromatic nitrogens is 2. The molecule has 0 aliphatic rings. The lowest BCUT2D eigenvalue weighted by Gasteiger charge is -1.85. The summed E-state index contributed by atoms with van der Waals surface area (Å²) in [6.45, 7) is 0. The molecule has 0 aliphatic carbocycles. The van der Waals surface area contributed by atoms with Crippen molar-refractivity contribution in [3.8, 4) is 0 Å². The van der Waals surface area contributed by atoms with Gasteiger partial charge < -0.3 is 10.8 Å². The number of H-pyrrole nitrogens is 1. The fourth-order valence-corrected chi connectivity index (χ4v) is 0.633. The molecule has 5 heteroatoms. The van der Waals surface area contributed by atoms with Crippen LogP contribution in [0.3, 0.4) is 0 Å². The molecular formula is C5H7N3O2. The minimum absolute atomic E-state index is 0.0653. The second-order valence-corrected chi connectivity index (χ2v) is 1.89. The van der Waals surface area contributed by atoms with E-state index in [0.717, 1.165) is 0 Å². The molecule has 1 aromatic heterocycles. The lowest BCUT2D eigenvalue weighted by atomic mass is 10.3. The molecular weight excluding hydrogens is 134 g/mol. The average molecular weight is 141 g/mol. The van der Waals surface area contributed by atoms with Crippen molar-refractivity contribution in [2.45, 2.75) is 6.42 Å². The summed E-state index contributed by atoms with van der Waals surface area (Å²) in [7, 11) is 0. The molecule has 1 heterocycles. The predicted octanol–water partition coefficient (Wildman–Crippen LogP) is -0.381. The van der Waals surface area contributed by atoms with Crippen LogP contribution in [0.25, 0.3) is 0 Å². The second kappa shape index (κ2) is 2.38. The smallest absolute Gasteiger partial charge is 0.309 e. The summed E-state index contributed by atoms with van der Waals surface area (Å²) in [5, 5.41) is 14.3. The first kappa shape index (κ1) is 6.60. The highest BCUT2D eigenvalue weighted by Gasteiger charge is 2.01. The summed E-state index contributed by atoms with van der Waals surface area (Å²) in [4.78, 5) is 10.1. The summed E-state index contributed by atoms with van der Waals surface area (Å²) in [5.41, 5.74) is 5.74. The molecule has 0 saturated carbocycles. The molecule has 0 saturated heterocycles. The van der Waals surface area contributed by atoms with E-state index in [0.29, 0.717) is 11.5 Å².